The molecule has 0 N–H and O–H groups in total. The Morgan fingerprint density at radius 1 is 1.29 bits per heavy atom. The molecule has 0 saturated carbocycles. The molecule has 0 aliphatic rings. The van der Waals surface area contributed by atoms with E-state index in [1.165, 1.54) is 20.3 Å². The molecule has 7 nitrogen and oxygen atoms in total. The number of ether oxygens (including phenoxy) is 2. The Hall–Kier alpha value is -2.90. The number of rotatable bonds is 4. The van der Waals surface area contributed by atoms with Crippen molar-refractivity contribution in [2.75, 3.05) is 14.2 Å². The summed E-state index contributed by atoms with van der Waals surface area (Å²) in [7, 11) is 2.54. The first-order valence-corrected chi connectivity index (χ1v) is 5.71. The van der Waals surface area contributed by atoms with Crippen molar-refractivity contribution in [1.29, 1.82) is 0 Å². The zero-order valence-corrected chi connectivity index (χ0v) is 11.2. The molecule has 2 aromatic heterocycles. The number of esters is 1. The summed E-state index contributed by atoms with van der Waals surface area (Å²) in [5.74, 6) is -1.29. The van der Waals surface area contributed by atoms with E-state index in [9.17, 15) is 14.0 Å². The third kappa shape index (κ3) is 2.83. The molecule has 0 aliphatic carbocycles. The molecule has 0 bridgehead atoms. The van der Waals surface area contributed by atoms with Crippen LogP contribution in [0.1, 0.15) is 21.0 Å². The highest BCUT2D eigenvalue weighted by Crippen LogP contribution is 2.25. The van der Waals surface area contributed by atoms with Crippen LogP contribution in [0.4, 0.5) is 4.39 Å². The normalized spacial score (nSPS) is 10.0. The van der Waals surface area contributed by atoms with Crippen LogP contribution in [0.2, 0.25) is 0 Å². The van der Waals surface area contributed by atoms with Gasteiger partial charge in [-0.15, -0.1) is 0 Å². The van der Waals surface area contributed by atoms with Gasteiger partial charge >= 0.3 is 5.97 Å². The Labute approximate surface area is 118 Å². The highest BCUT2D eigenvalue weighted by molar-refractivity contribution is 5.90. The molecule has 0 aromatic carbocycles. The number of methoxy groups -OCH3 is 2. The fraction of sp³-hybridized carbons (Fsp3) is 0.154. The molecule has 0 atom stereocenters. The predicted molar refractivity (Wildman–Crippen MR) is 68.5 cm³/mol. The maximum Gasteiger partial charge on any atom is 0.358 e. The van der Waals surface area contributed by atoms with Gasteiger partial charge in [0.1, 0.15) is 11.4 Å². The summed E-state index contributed by atoms with van der Waals surface area (Å²) in [4.78, 5) is 33.9. The standard InChI is InChI=1S/C13H10FN3O4/c1-20-11-3-7(8(14)4-15-11)12-10(6-18)17-9(5-16-12)13(19)21-2/h3-6H,1-2H3. The van der Waals surface area contributed by atoms with Gasteiger partial charge in [-0.2, -0.15) is 0 Å². The summed E-state index contributed by atoms with van der Waals surface area (Å²) < 4.78 is 23.2. The van der Waals surface area contributed by atoms with Crippen LogP contribution in [-0.4, -0.2) is 41.4 Å². The Morgan fingerprint density at radius 3 is 2.67 bits per heavy atom. The van der Waals surface area contributed by atoms with Gasteiger partial charge in [0.05, 0.1) is 26.6 Å². The van der Waals surface area contributed by atoms with Gasteiger partial charge in [0.25, 0.3) is 0 Å². The average molecular weight is 291 g/mol. The molecular weight excluding hydrogens is 281 g/mol. The van der Waals surface area contributed by atoms with Gasteiger partial charge in [-0.05, 0) is 0 Å². The van der Waals surface area contributed by atoms with Crippen LogP contribution in [0.25, 0.3) is 11.3 Å². The smallest absolute Gasteiger partial charge is 0.358 e. The number of pyridine rings is 1. The summed E-state index contributed by atoms with van der Waals surface area (Å²) in [6, 6.07) is 1.28. The average Bonchev–Trinajstić information content (AvgIpc) is 2.54. The van der Waals surface area contributed by atoms with E-state index in [4.69, 9.17) is 4.74 Å². The molecule has 0 saturated heterocycles. The van der Waals surface area contributed by atoms with E-state index in [1.54, 1.807) is 0 Å². The van der Waals surface area contributed by atoms with E-state index in [0.29, 0.717) is 6.29 Å². The first kappa shape index (κ1) is 14.5. The van der Waals surface area contributed by atoms with Crippen molar-refractivity contribution in [3.63, 3.8) is 0 Å². The monoisotopic (exact) mass is 291 g/mol. The fourth-order valence-electron chi connectivity index (χ4n) is 1.61. The van der Waals surface area contributed by atoms with Crippen molar-refractivity contribution in [1.82, 2.24) is 15.0 Å². The maximum atomic E-state index is 13.8. The molecule has 0 fully saturated rings. The first-order valence-electron chi connectivity index (χ1n) is 5.71. The molecule has 21 heavy (non-hydrogen) atoms. The van der Waals surface area contributed by atoms with Crippen molar-refractivity contribution in [3.8, 4) is 17.1 Å². The Balaban J connectivity index is 2.59. The number of aromatic nitrogens is 3. The van der Waals surface area contributed by atoms with Crippen molar-refractivity contribution in [3.05, 3.63) is 35.7 Å². The Morgan fingerprint density at radius 2 is 2.05 bits per heavy atom. The lowest BCUT2D eigenvalue weighted by atomic mass is 10.1. The lowest BCUT2D eigenvalue weighted by Gasteiger charge is -2.07. The zero-order chi connectivity index (χ0) is 15.4. The molecule has 0 radical (unpaired) electrons. The largest absolute Gasteiger partial charge is 0.481 e. The number of carbonyl (C=O) groups excluding carboxylic acids is 2. The zero-order valence-electron chi connectivity index (χ0n) is 11.2. The van der Waals surface area contributed by atoms with Crippen LogP contribution < -0.4 is 4.74 Å². The molecular formula is C13H10FN3O4. The van der Waals surface area contributed by atoms with Gasteiger partial charge in [0.2, 0.25) is 5.88 Å². The SMILES string of the molecule is COC(=O)c1cnc(-c2cc(OC)ncc2F)c(C=O)n1. The highest BCUT2D eigenvalue weighted by atomic mass is 19.1. The van der Waals surface area contributed by atoms with Crippen LogP contribution in [-0.2, 0) is 4.74 Å². The molecule has 108 valence electrons. The summed E-state index contributed by atoms with van der Waals surface area (Å²) in [5.41, 5.74) is -0.362. The number of hydrogen-bond acceptors (Lipinski definition) is 7. The molecule has 0 aliphatic heterocycles. The second-order valence-corrected chi connectivity index (χ2v) is 3.81. The number of halogens is 1. The second kappa shape index (κ2) is 6.04. The van der Waals surface area contributed by atoms with Crippen molar-refractivity contribution >= 4 is 12.3 Å². The third-order valence-corrected chi connectivity index (χ3v) is 2.60. The summed E-state index contributed by atoms with van der Waals surface area (Å²) in [5, 5.41) is 0. The minimum atomic E-state index is -0.745. The lowest BCUT2D eigenvalue weighted by molar-refractivity contribution is 0.0593. The molecule has 2 aromatic rings. The number of aldehydes is 1. The van der Waals surface area contributed by atoms with Gasteiger partial charge in [-0.1, -0.05) is 0 Å². The topological polar surface area (TPSA) is 91.3 Å². The number of nitrogens with zero attached hydrogens (tertiary/aromatic N) is 3. The predicted octanol–water partition coefficient (Wildman–Crippen LogP) is 1.29. The molecule has 0 spiro atoms. The van der Waals surface area contributed by atoms with Crippen molar-refractivity contribution < 1.29 is 23.5 Å². The number of carbonyl (C=O) groups is 2. The Kier molecular flexibility index (Phi) is 4.17. The van der Waals surface area contributed by atoms with Gasteiger partial charge in [-0.25, -0.2) is 19.2 Å². The molecule has 2 heterocycles. The van der Waals surface area contributed by atoms with Crippen LogP contribution in [0, 0.1) is 5.82 Å². The molecule has 0 amide bonds. The number of hydrogen-bond donors (Lipinski definition) is 0. The minimum absolute atomic E-state index is 0.00661. The van der Waals surface area contributed by atoms with Crippen LogP contribution >= 0.6 is 0 Å². The van der Waals surface area contributed by atoms with Gasteiger partial charge in [0.15, 0.2) is 17.8 Å². The summed E-state index contributed by atoms with van der Waals surface area (Å²) >= 11 is 0. The fourth-order valence-corrected chi connectivity index (χ4v) is 1.61. The minimum Gasteiger partial charge on any atom is -0.481 e. The first-order chi connectivity index (χ1) is 10.1. The third-order valence-electron chi connectivity index (χ3n) is 2.60. The summed E-state index contributed by atoms with van der Waals surface area (Å²) in [6.07, 6.45) is 2.42. The van der Waals surface area contributed by atoms with Crippen LogP contribution in [0.3, 0.4) is 0 Å². The van der Waals surface area contributed by atoms with E-state index in [1.807, 2.05) is 0 Å². The van der Waals surface area contributed by atoms with Crippen LogP contribution in [0.5, 0.6) is 5.88 Å². The van der Waals surface area contributed by atoms with Crippen molar-refractivity contribution in [2.45, 2.75) is 0 Å². The van der Waals surface area contributed by atoms with E-state index >= 15 is 0 Å². The highest BCUT2D eigenvalue weighted by Gasteiger charge is 2.17. The second-order valence-electron chi connectivity index (χ2n) is 3.81. The summed E-state index contributed by atoms with van der Waals surface area (Å²) in [6.45, 7) is 0. The maximum absolute atomic E-state index is 13.8. The van der Waals surface area contributed by atoms with Crippen molar-refractivity contribution in [2.24, 2.45) is 0 Å². The van der Waals surface area contributed by atoms with Gasteiger partial charge in [0, 0.05) is 11.6 Å². The molecule has 2 rings (SSSR count). The van der Waals surface area contributed by atoms with Crippen LogP contribution in [0.15, 0.2) is 18.5 Å². The van der Waals surface area contributed by atoms with E-state index in [0.717, 1.165) is 12.4 Å². The van der Waals surface area contributed by atoms with E-state index in [2.05, 4.69) is 19.7 Å². The quantitative estimate of drug-likeness (QED) is 0.619. The van der Waals surface area contributed by atoms with Gasteiger partial charge < -0.3 is 9.47 Å². The Bertz CT molecular complexity index is 706. The van der Waals surface area contributed by atoms with E-state index in [-0.39, 0.29) is 28.5 Å². The molecule has 0 unspecified atom stereocenters. The lowest BCUT2D eigenvalue weighted by Crippen LogP contribution is -2.09. The van der Waals surface area contributed by atoms with Gasteiger partial charge in [-0.3, -0.25) is 9.78 Å². The molecule has 8 heteroatoms. The van der Waals surface area contributed by atoms with E-state index < -0.39 is 11.8 Å².